The molecule has 0 spiro atoms. The fraction of sp³-hybridized carbons (Fsp3) is 0.300. The molecule has 0 aromatic carbocycles. The molecule has 1 heterocycles. The van der Waals surface area contributed by atoms with E-state index in [1.54, 1.807) is 0 Å². The lowest BCUT2D eigenvalue weighted by Crippen LogP contribution is -2.29. The number of aromatic nitrogens is 1. The smallest absolute Gasteiger partial charge is 0.244 e. The minimum Gasteiger partial charge on any atom is -0.322 e. The maximum absolute atomic E-state index is 11.7. The Morgan fingerprint density at radius 1 is 1.50 bits per heavy atom. The number of amides is 1. The Hall–Kier alpha value is -1.31. The third-order valence-corrected chi connectivity index (χ3v) is 2.72. The lowest BCUT2D eigenvalue weighted by Gasteiger charge is -2.15. The largest absolute Gasteiger partial charge is 0.322 e. The third kappa shape index (κ3) is 2.63. The van der Waals surface area contributed by atoms with Gasteiger partial charge in [0.25, 0.3) is 0 Å². The summed E-state index contributed by atoms with van der Waals surface area (Å²) in [6.07, 6.45) is 2.74. The molecular formula is C10H9Cl2N3O. The molecule has 0 unspecified atom stereocenters. The van der Waals surface area contributed by atoms with Gasteiger partial charge in [-0.15, -0.1) is 0 Å². The Balaban J connectivity index is 2.95. The van der Waals surface area contributed by atoms with Crippen molar-refractivity contribution >= 4 is 34.8 Å². The number of carbonyl (C=O) groups excluding carboxylic acids is 1. The first-order valence-electron chi connectivity index (χ1n) is 4.40. The van der Waals surface area contributed by atoms with Crippen LogP contribution in [0, 0.1) is 16.7 Å². The van der Waals surface area contributed by atoms with E-state index in [1.807, 2.05) is 6.07 Å². The lowest BCUT2D eigenvalue weighted by molar-refractivity contribution is -0.121. The molecule has 0 radical (unpaired) electrons. The molecule has 4 nitrogen and oxygen atoms in total. The molecule has 1 N–H and O–H groups in total. The van der Waals surface area contributed by atoms with E-state index in [0.717, 1.165) is 0 Å². The van der Waals surface area contributed by atoms with Crippen LogP contribution in [-0.4, -0.2) is 10.9 Å². The summed E-state index contributed by atoms with van der Waals surface area (Å²) in [7, 11) is 0. The van der Waals surface area contributed by atoms with Crippen LogP contribution in [0.2, 0.25) is 10.0 Å². The molecule has 1 rings (SSSR count). The molecule has 1 amide bonds. The Morgan fingerprint density at radius 2 is 2.12 bits per heavy atom. The summed E-state index contributed by atoms with van der Waals surface area (Å²) in [5, 5.41) is 11.7. The molecule has 0 saturated heterocycles. The highest BCUT2D eigenvalue weighted by Crippen LogP contribution is 2.29. The molecular weight excluding hydrogens is 249 g/mol. The van der Waals surface area contributed by atoms with Gasteiger partial charge in [-0.2, -0.15) is 5.26 Å². The highest BCUT2D eigenvalue weighted by atomic mass is 35.5. The summed E-state index contributed by atoms with van der Waals surface area (Å²) in [5.74, 6) is -0.457. The van der Waals surface area contributed by atoms with Crippen molar-refractivity contribution in [2.45, 2.75) is 13.8 Å². The second kappa shape index (κ2) is 4.69. The molecule has 1 aromatic heterocycles. The van der Waals surface area contributed by atoms with Crippen LogP contribution in [0.25, 0.3) is 0 Å². The number of carbonyl (C=O) groups is 1. The van der Waals surface area contributed by atoms with E-state index >= 15 is 0 Å². The summed E-state index contributed by atoms with van der Waals surface area (Å²) in [6.45, 7) is 3.02. The van der Waals surface area contributed by atoms with Crippen LogP contribution >= 0.6 is 23.2 Å². The first-order chi connectivity index (χ1) is 7.38. The van der Waals surface area contributed by atoms with Gasteiger partial charge in [0.05, 0.1) is 28.0 Å². The number of nitrogens with zero attached hydrogens (tertiary/aromatic N) is 2. The van der Waals surface area contributed by atoms with Crippen molar-refractivity contribution in [2.75, 3.05) is 5.32 Å². The Morgan fingerprint density at radius 3 is 2.69 bits per heavy atom. The SMILES string of the molecule is CC(C)(C#N)C(=O)Nc1cncc(Cl)c1Cl. The molecule has 6 heteroatoms. The maximum Gasteiger partial charge on any atom is 0.244 e. The van der Waals surface area contributed by atoms with Crippen molar-refractivity contribution < 1.29 is 4.79 Å². The van der Waals surface area contributed by atoms with Crippen LogP contribution in [0.15, 0.2) is 12.4 Å². The zero-order valence-electron chi connectivity index (χ0n) is 8.71. The second-order valence-corrected chi connectivity index (χ2v) is 4.46. The van der Waals surface area contributed by atoms with Crippen molar-refractivity contribution in [1.29, 1.82) is 5.26 Å². The number of nitrogens with one attached hydrogen (secondary N) is 1. The standard InChI is InChI=1S/C10H9Cl2N3O/c1-10(2,5-13)9(16)15-7-4-14-3-6(11)8(7)12/h3-4H,1-2H3,(H,15,16). The van der Waals surface area contributed by atoms with Gasteiger partial charge >= 0.3 is 0 Å². The van der Waals surface area contributed by atoms with Crippen molar-refractivity contribution in [2.24, 2.45) is 5.41 Å². The monoisotopic (exact) mass is 257 g/mol. The molecule has 16 heavy (non-hydrogen) atoms. The third-order valence-electron chi connectivity index (χ3n) is 1.93. The first kappa shape index (κ1) is 12.8. The number of pyridine rings is 1. The van der Waals surface area contributed by atoms with E-state index in [0.29, 0.717) is 5.69 Å². The highest BCUT2D eigenvalue weighted by Gasteiger charge is 2.27. The minimum atomic E-state index is -1.13. The van der Waals surface area contributed by atoms with Crippen LogP contribution in [0.5, 0.6) is 0 Å². The van der Waals surface area contributed by atoms with Gasteiger partial charge in [-0.3, -0.25) is 9.78 Å². The Kier molecular flexibility index (Phi) is 3.74. The molecule has 0 fully saturated rings. The fourth-order valence-electron chi connectivity index (χ4n) is 0.836. The number of rotatable bonds is 2. The molecule has 0 atom stereocenters. The van der Waals surface area contributed by atoms with Crippen LogP contribution in [0.3, 0.4) is 0 Å². The summed E-state index contributed by atoms with van der Waals surface area (Å²) in [4.78, 5) is 15.5. The number of anilines is 1. The molecule has 0 aliphatic rings. The van der Waals surface area contributed by atoms with Gasteiger partial charge in [0.2, 0.25) is 5.91 Å². The Labute approximate surface area is 103 Å². The van der Waals surface area contributed by atoms with Crippen LogP contribution in [0.4, 0.5) is 5.69 Å². The second-order valence-electron chi connectivity index (χ2n) is 3.67. The molecule has 0 saturated carbocycles. The predicted molar refractivity (Wildman–Crippen MR) is 62.3 cm³/mol. The summed E-state index contributed by atoms with van der Waals surface area (Å²) >= 11 is 11.6. The number of hydrogen-bond donors (Lipinski definition) is 1. The van der Waals surface area contributed by atoms with E-state index < -0.39 is 11.3 Å². The van der Waals surface area contributed by atoms with E-state index in [1.165, 1.54) is 26.2 Å². The summed E-state index contributed by atoms with van der Waals surface area (Å²) in [6, 6.07) is 1.89. The predicted octanol–water partition coefficient (Wildman–Crippen LogP) is 2.88. The van der Waals surface area contributed by atoms with Gasteiger partial charge in [-0.1, -0.05) is 23.2 Å². The quantitative estimate of drug-likeness (QED) is 0.886. The average Bonchev–Trinajstić information content (AvgIpc) is 2.24. The molecule has 0 bridgehead atoms. The van der Waals surface area contributed by atoms with E-state index in [-0.39, 0.29) is 10.0 Å². The average molecular weight is 258 g/mol. The van der Waals surface area contributed by atoms with Crippen LogP contribution in [-0.2, 0) is 4.79 Å². The zero-order valence-corrected chi connectivity index (χ0v) is 10.2. The molecule has 1 aromatic rings. The topological polar surface area (TPSA) is 65.8 Å². The number of halogens is 2. The molecule has 0 aliphatic carbocycles. The van der Waals surface area contributed by atoms with Gasteiger partial charge in [0.1, 0.15) is 5.41 Å². The van der Waals surface area contributed by atoms with Crippen molar-refractivity contribution in [1.82, 2.24) is 4.98 Å². The summed E-state index contributed by atoms with van der Waals surface area (Å²) in [5.41, 5.74) is -0.839. The lowest BCUT2D eigenvalue weighted by atomic mass is 9.95. The van der Waals surface area contributed by atoms with Crippen molar-refractivity contribution in [3.8, 4) is 6.07 Å². The van der Waals surface area contributed by atoms with Gasteiger partial charge in [0, 0.05) is 6.20 Å². The zero-order chi connectivity index (χ0) is 12.3. The van der Waals surface area contributed by atoms with Gasteiger partial charge in [0.15, 0.2) is 0 Å². The van der Waals surface area contributed by atoms with Crippen LogP contribution < -0.4 is 5.32 Å². The van der Waals surface area contributed by atoms with Gasteiger partial charge in [-0.25, -0.2) is 0 Å². The van der Waals surface area contributed by atoms with E-state index in [4.69, 9.17) is 28.5 Å². The highest BCUT2D eigenvalue weighted by molar-refractivity contribution is 6.43. The number of hydrogen-bond acceptors (Lipinski definition) is 3. The van der Waals surface area contributed by atoms with E-state index in [9.17, 15) is 4.79 Å². The first-order valence-corrected chi connectivity index (χ1v) is 5.16. The Bertz CT molecular complexity index is 466. The maximum atomic E-state index is 11.7. The fourth-order valence-corrected chi connectivity index (χ4v) is 1.14. The number of nitriles is 1. The van der Waals surface area contributed by atoms with Crippen molar-refractivity contribution in [3.63, 3.8) is 0 Å². The van der Waals surface area contributed by atoms with E-state index in [2.05, 4.69) is 10.3 Å². The normalized spacial score (nSPS) is 10.7. The molecule has 0 aliphatic heterocycles. The molecule has 84 valence electrons. The van der Waals surface area contributed by atoms with Crippen LogP contribution in [0.1, 0.15) is 13.8 Å². The van der Waals surface area contributed by atoms with Gasteiger partial charge in [-0.05, 0) is 13.8 Å². The minimum absolute atomic E-state index is 0.207. The summed E-state index contributed by atoms with van der Waals surface area (Å²) < 4.78 is 0. The van der Waals surface area contributed by atoms with Crippen molar-refractivity contribution in [3.05, 3.63) is 22.4 Å². The van der Waals surface area contributed by atoms with Gasteiger partial charge < -0.3 is 5.32 Å².